The lowest BCUT2D eigenvalue weighted by molar-refractivity contribution is -0.172. The highest BCUT2D eigenvalue weighted by Crippen LogP contribution is 2.33. The van der Waals surface area contributed by atoms with Crippen LogP contribution in [0.4, 0.5) is 4.79 Å². The number of amides is 1. The Morgan fingerprint density at radius 3 is 1.73 bits per heavy atom. The van der Waals surface area contributed by atoms with Crippen molar-refractivity contribution in [2.24, 2.45) is 0 Å². The van der Waals surface area contributed by atoms with Crippen LogP contribution in [-0.4, -0.2) is 54.8 Å². The van der Waals surface area contributed by atoms with Crippen molar-refractivity contribution in [1.29, 1.82) is 0 Å². The Bertz CT molecular complexity index is 443. The second-order valence-corrected chi connectivity index (χ2v) is 6.56. The Morgan fingerprint density at radius 2 is 1.27 bits per heavy atom. The molecule has 26 heavy (non-hydrogen) atoms. The maximum Gasteiger partial charge on any atom is 0.411 e. The molecule has 0 bridgehead atoms. The average Bonchev–Trinajstić information content (AvgIpc) is 3.08. The van der Waals surface area contributed by atoms with Crippen molar-refractivity contribution in [3.05, 3.63) is 0 Å². The van der Waals surface area contributed by atoms with Gasteiger partial charge in [-0.05, 0) is 32.1 Å². The average molecular weight is 371 g/mol. The van der Waals surface area contributed by atoms with Crippen molar-refractivity contribution in [1.82, 2.24) is 4.90 Å². The first kappa shape index (κ1) is 22.3. The van der Waals surface area contributed by atoms with E-state index >= 15 is 0 Å². The number of hydrogen-bond acceptors (Lipinski definition) is 6. The number of carbonyl (C=O) groups is 3. The van der Waals surface area contributed by atoms with Crippen LogP contribution >= 0.6 is 0 Å². The third-order valence-electron chi connectivity index (χ3n) is 4.46. The normalized spacial score (nSPS) is 15.6. The molecule has 1 amide bonds. The van der Waals surface area contributed by atoms with Crippen molar-refractivity contribution in [3.8, 4) is 0 Å². The Labute approximate surface area is 156 Å². The number of nitrogens with zero attached hydrogens (tertiary/aromatic N) is 1. The summed E-state index contributed by atoms with van der Waals surface area (Å²) < 4.78 is 15.9. The van der Waals surface area contributed by atoms with Gasteiger partial charge in [0.25, 0.3) is 0 Å². The maximum atomic E-state index is 12.8. The smallest absolute Gasteiger partial charge is 0.411 e. The van der Waals surface area contributed by atoms with Gasteiger partial charge in [0, 0.05) is 6.54 Å². The summed E-state index contributed by atoms with van der Waals surface area (Å²) in [7, 11) is 0. The zero-order valence-electron chi connectivity index (χ0n) is 16.4. The lowest BCUT2D eigenvalue weighted by atomic mass is 9.96. The van der Waals surface area contributed by atoms with E-state index in [4.69, 9.17) is 14.2 Å². The molecule has 1 heterocycles. The van der Waals surface area contributed by atoms with Crippen LogP contribution in [0.1, 0.15) is 72.1 Å². The van der Waals surface area contributed by atoms with Gasteiger partial charge in [-0.3, -0.25) is 4.90 Å². The molecule has 1 rings (SSSR count). The standard InChI is InChI=1S/C19H33NO6/c1-4-7-13-24-16(21)19(17(22)25-14-8-5-2)11-10-12-20(19)18(23)26-15-9-6-3/h4-15H2,1-3H3. The highest BCUT2D eigenvalue weighted by Gasteiger charge is 2.59. The van der Waals surface area contributed by atoms with Gasteiger partial charge in [-0.15, -0.1) is 0 Å². The second-order valence-electron chi connectivity index (χ2n) is 6.56. The molecule has 0 radical (unpaired) electrons. The Morgan fingerprint density at radius 1 is 0.808 bits per heavy atom. The lowest BCUT2D eigenvalue weighted by Gasteiger charge is -2.33. The number of rotatable bonds is 11. The van der Waals surface area contributed by atoms with Crippen LogP contribution in [0, 0.1) is 0 Å². The first-order valence-corrected chi connectivity index (χ1v) is 9.83. The van der Waals surface area contributed by atoms with E-state index in [2.05, 4.69) is 0 Å². The van der Waals surface area contributed by atoms with Gasteiger partial charge >= 0.3 is 18.0 Å². The second kappa shape index (κ2) is 11.8. The van der Waals surface area contributed by atoms with Crippen molar-refractivity contribution in [2.75, 3.05) is 26.4 Å². The molecule has 0 saturated carbocycles. The third kappa shape index (κ3) is 5.61. The van der Waals surface area contributed by atoms with Crippen LogP contribution in [0.3, 0.4) is 0 Å². The van der Waals surface area contributed by atoms with Gasteiger partial charge in [0.2, 0.25) is 5.54 Å². The fourth-order valence-electron chi connectivity index (χ4n) is 2.81. The monoisotopic (exact) mass is 371 g/mol. The first-order valence-electron chi connectivity index (χ1n) is 9.83. The van der Waals surface area contributed by atoms with Crippen LogP contribution in [0.2, 0.25) is 0 Å². The summed E-state index contributed by atoms with van der Waals surface area (Å²) in [6.07, 6.45) is 4.82. The summed E-state index contributed by atoms with van der Waals surface area (Å²) >= 11 is 0. The van der Waals surface area contributed by atoms with Gasteiger partial charge < -0.3 is 14.2 Å². The molecule has 1 aliphatic rings. The highest BCUT2D eigenvalue weighted by atomic mass is 16.6. The molecule has 0 atom stereocenters. The zero-order chi connectivity index (χ0) is 19.4. The molecule has 150 valence electrons. The fourth-order valence-corrected chi connectivity index (χ4v) is 2.81. The number of ether oxygens (including phenoxy) is 3. The van der Waals surface area contributed by atoms with E-state index < -0.39 is 23.6 Å². The van der Waals surface area contributed by atoms with Crippen LogP contribution in [0.15, 0.2) is 0 Å². The molecule has 1 fully saturated rings. The van der Waals surface area contributed by atoms with Gasteiger partial charge in [0.1, 0.15) is 0 Å². The molecule has 7 heteroatoms. The quantitative estimate of drug-likeness (QED) is 0.239. The predicted octanol–water partition coefficient (Wildman–Crippen LogP) is 3.44. The van der Waals surface area contributed by atoms with Crippen LogP contribution in [0.5, 0.6) is 0 Å². The minimum atomic E-state index is -1.72. The number of hydrogen-bond donors (Lipinski definition) is 0. The summed E-state index contributed by atoms with van der Waals surface area (Å²) in [6, 6.07) is 0. The van der Waals surface area contributed by atoms with Crippen molar-refractivity contribution in [2.45, 2.75) is 77.7 Å². The maximum absolute atomic E-state index is 12.8. The Hall–Kier alpha value is -1.79. The van der Waals surface area contributed by atoms with Gasteiger partial charge in [-0.2, -0.15) is 0 Å². The third-order valence-corrected chi connectivity index (χ3v) is 4.46. The molecule has 0 aromatic carbocycles. The molecule has 0 unspecified atom stereocenters. The fraction of sp³-hybridized carbons (Fsp3) is 0.842. The van der Waals surface area contributed by atoms with Crippen molar-refractivity contribution in [3.63, 3.8) is 0 Å². The minimum absolute atomic E-state index is 0.200. The van der Waals surface area contributed by atoms with E-state index in [1.165, 1.54) is 4.90 Å². The van der Waals surface area contributed by atoms with Gasteiger partial charge in [-0.25, -0.2) is 14.4 Å². The minimum Gasteiger partial charge on any atom is -0.463 e. The molecule has 0 N–H and O–H groups in total. The zero-order valence-corrected chi connectivity index (χ0v) is 16.4. The summed E-state index contributed by atoms with van der Waals surface area (Å²) in [6.45, 7) is 6.93. The van der Waals surface area contributed by atoms with Crippen LogP contribution in [-0.2, 0) is 23.8 Å². The predicted molar refractivity (Wildman–Crippen MR) is 96.7 cm³/mol. The number of carbonyl (C=O) groups excluding carboxylic acids is 3. The molecule has 7 nitrogen and oxygen atoms in total. The molecule has 0 spiro atoms. The summed E-state index contributed by atoms with van der Waals surface area (Å²) in [5.74, 6) is -1.42. The molecule has 1 aliphatic heterocycles. The molecule has 1 saturated heterocycles. The summed E-state index contributed by atoms with van der Waals surface area (Å²) in [5, 5.41) is 0. The summed E-state index contributed by atoms with van der Waals surface area (Å²) in [5.41, 5.74) is -1.72. The van der Waals surface area contributed by atoms with E-state index in [9.17, 15) is 14.4 Å². The molecule has 0 aromatic rings. The van der Waals surface area contributed by atoms with E-state index in [0.717, 1.165) is 25.7 Å². The topological polar surface area (TPSA) is 82.1 Å². The molecular formula is C19H33NO6. The van der Waals surface area contributed by atoms with Gasteiger partial charge in [-0.1, -0.05) is 40.0 Å². The lowest BCUT2D eigenvalue weighted by Crippen LogP contribution is -2.60. The molecule has 0 aliphatic carbocycles. The van der Waals surface area contributed by atoms with Gasteiger partial charge in [0.05, 0.1) is 19.8 Å². The van der Waals surface area contributed by atoms with Crippen molar-refractivity contribution < 1.29 is 28.6 Å². The SMILES string of the molecule is CCCCOC(=O)N1CCCC1(C(=O)OCCCC)C(=O)OCCCC. The van der Waals surface area contributed by atoms with E-state index in [1.807, 2.05) is 20.8 Å². The largest absolute Gasteiger partial charge is 0.463 e. The molecular weight excluding hydrogens is 338 g/mol. The number of likely N-dealkylation sites (tertiary alicyclic amines) is 1. The van der Waals surface area contributed by atoms with Crippen molar-refractivity contribution >= 4 is 18.0 Å². The van der Waals surface area contributed by atoms with Gasteiger partial charge in [0.15, 0.2) is 0 Å². The molecule has 0 aromatic heterocycles. The highest BCUT2D eigenvalue weighted by molar-refractivity contribution is 6.07. The summed E-state index contributed by atoms with van der Waals surface area (Å²) in [4.78, 5) is 39.3. The number of unbranched alkanes of at least 4 members (excludes halogenated alkanes) is 3. The van der Waals surface area contributed by atoms with Crippen LogP contribution in [0.25, 0.3) is 0 Å². The Balaban J connectivity index is 2.94. The Kier molecular flexibility index (Phi) is 10.1. The van der Waals surface area contributed by atoms with E-state index in [-0.39, 0.29) is 32.8 Å². The van der Waals surface area contributed by atoms with Crippen LogP contribution < -0.4 is 0 Å². The van der Waals surface area contributed by atoms with E-state index in [0.29, 0.717) is 19.3 Å². The first-order chi connectivity index (χ1) is 12.5. The number of esters is 2. The van der Waals surface area contributed by atoms with E-state index in [1.54, 1.807) is 0 Å².